The topological polar surface area (TPSA) is 85.9 Å². The van der Waals surface area contributed by atoms with E-state index < -0.39 is 0 Å². The number of hydrazone groups is 1. The number of hydrogen-bond donors (Lipinski definition) is 2. The third-order valence-corrected chi connectivity index (χ3v) is 2.12. The van der Waals surface area contributed by atoms with E-state index >= 15 is 0 Å². The first-order valence-corrected chi connectivity index (χ1v) is 4.90. The molecular weight excluding hydrogens is 222 g/mol. The van der Waals surface area contributed by atoms with Gasteiger partial charge in [0.25, 0.3) is 0 Å². The third kappa shape index (κ3) is 2.54. The minimum absolute atomic E-state index is 0.201. The summed E-state index contributed by atoms with van der Waals surface area (Å²) in [5, 5.41) is 5.51. The predicted octanol–water partition coefficient (Wildman–Crippen LogP) is 0.447. The first-order chi connectivity index (χ1) is 8.31. The highest BCUT2D eigenvalue weighted by Crippen LogP contribution is 2.35. The van der Waals surface area contributed by atoms with Crippen LogP contribution in [0.5, 0.6) is 11.5 Å². The number of ether oxygens (including phenoxy) is 2. The summed E-state index contributed by atoms with van der Waals surface area (Å²) in [6, 6.07) is 5.46. The van der Waals surface area contributed by atoms with Gasteiger partial charge in [0.1, 0.15) is 6.34 Å². The first-order valence-electron chi connectivity index (χ1n) is 4.90. The molecule has 2 rings (SSSR count). The van der Waals surface area contributed by atoms with Crippen molar-refractivity contribution in [3.8, 4) is 11.5 Å². The minimum Gasteiger partial charge on any atom is -0.454 e. The van der Waals surface area contributed by atoms with Gasteiger partial charge in [-0.3, -0.25) is 4.79 Å². The molecule has 0 atom stereocenters. The van der Waals surface area contributed by atoms with Gasteiger partial charge >= 0.3 is 0 Å². The van der Waals surface area contributed by atoms with Crippen molar-refractivity contribution >= 4 is 18.3 Å². The van der Waals surface area contributed by atoms with E-state index in [1.165, 1.54) is 6.08 Å². The fourth-order valence-electron chi connectivity index (χ4n) is 1.40. The Bertz CT molecular complexity index is 483. The monoisotopic (exact) mass is 233 g/mol. The second kappa shape index (κ2) is 5.02. The number of benzene rings is 1. The van der Waals surface area contributed by atoms with Crippen LogP contribution >= 0.6 is 0 Å². The van der Waals surface area contributed by atoms with Gasteiger partial charge < -0.3 is 20.6 Å². The minimum atomic E-state index is -0.323. The molecule has 1 aliphatic heterocycles. The number of nitrogens with zero attached hydrogens (tertiary/aromatic N) is 1. The van der Waals surface area contributed by atoms with E-state index in [-0.39, 0.29) is 12.7 Å². The number of nitrogens with one attached hydrogen (secondary N) is 1. The Morgan fingerprint density at radius 3 is 3.18 bits per heavy atom. The van der Waals surface area contributed by atoms with Gasteiger partial charge in [-0.1, -0.05) is 12.1 Å². The fourth-order valence-corrected chi connectivity index (χ4v) is 1.40. The van der Waals surface area contributed by atoms with Crippen molar-refractivity contribution in [1.29, 1.82) is 0 Å². The van der Waals surface area contributed by atoms with Crippen LogP contribution in [-0.4, -0.2) is 19.0 Å². The van der Waals surface area contributed by atoms with Crippen LogP contribution in [0.25, 0.3) is 6.08 Å². The highest BCUT2D eigenvalue weighted by Gasteiger charge is 2.15. The number of fused-ring (bicyclic) bond motifs is 1. The molecule has 88 valence electrons. The number of rotatable bonds is 3. The Balaban J connectivity index is 2.11. The van der Waals surface area contributed by atoms with Gasteiger partial charge in [-0.15, -0.1) is 0 Å². The number of nitrogens with two attached hydrogens (primary N) is 1. The Morgan fingerprint density at radius 2 is 2.35 bits per heavy atom. The molecule has 0 aromatic heterocycles. The van der Waals surface area contributed by atoms with Crippen LogP contribution < -0.4 is 20.6 Å². The Labute approximate surface area is 97.7 Å². The van der Waals surface area contributed by atoms with Gasteiger partial charge in [-0.25, -0.2) is 0 Å². The maximum atomic E-state index is 11.3. The summed E-state index contributed by atoms with van der Waals surface area (Å²) < 4.78 is 10.5. The van der Waals surface area contributed by atoms with Crippen LogP contribution in [0.2, 0.25) is 0 Å². The van der Waals surface area contributed by atoms with Crippen molar-refractivity contribution in [1.82, 2.24) is 5.32 Å². The molecule has 3 N–H and O–H groups in total. The molecule has 0 fully saturated rings. The quantitative estimate of drug-likeness (QED) is 0.261. The molecule has 0 aliphatic carbocycles. The average Bonchev–Trinajstić information content (AvgIpc) is 2.82. The van der Waals surface area contributed by atoms with E-state index in [0.717, 1.165) is 11.9 Å². The second-order valence-corrected chi connectivity index (χ2v) is 3.20. The van der Waals surface area contributed by atoms with Gasteiger partial charge in [0.15, 0.2) is 11.5 Å². The third-order valence-electron chi connectivity index (χ3n) is 2.12. The number of carbonyl (C=O) groups excluding carboxylic acids is 1. The van der Waals surface area contributed by atoms with Crippen LogP contribution in [0.1, 0.15) is 5.56 Å². The van der Waals surface area contributed by atoms with Gasteiger partial charge in [0.05, 0.1) is 0 Å². The smallest absolute Gasteiger partial charge is 0.249 e. The fraction of sp³-hybridized carbons (Fsp3) is 0.0909. The van der Waals surface area contributed by atoms with Crippen LogP contribution in [0.4, 0.5) is 0 Å². The standard InChI is InChI=1S/C11H11N3O3/c12-14-6-13-10(15)5-4-8-2-1-3-9-11(8)17-7-16-9/h1-6H,7,12H2,(H,13,14,15). The molecule has 17 heavy (non-hydrogen) atoms. The summed E-state index contributed by atoms with van der Waals surface area (Å²) >= 11 is 0. The molecule has 1 aliphatic rings. The zero-order valence-corrected chi connectivity index (χ0v) is 8.92. The molecule has 6 heteroatoms. The highest BCUT2D eigenvalue weighted by atomic mass is 16.7. The van der Waals surface area contributed by atoms with E-state index in [4.69, 9.17) is 15.3 Å². The molecule has 1 aromatic rings. The van der Waals surface area contributed by atoms with Crippen LogP contribution in [0, 0.1) is 0 Å². The SMILES string of the molecule is N/N=C/NC(=O)C=Cc1cccc2c1OCO2. The number of para-hydroxylation sites is 1. The van der Waals surface area contributed by atoms with Gasteiger partial charge in [0.2, 0.25) is 12.7 Å². The summed E-state index contributed by atoms with van der Waals surface area (Å²) in [6.45, 7) is 0.201. The molecule has 0 saturated carbocycles. The van der Waals surface area contributed by atoms with E-state index in [1.54, 1.807) is 12.1 Å². The van der Waals surface area contributed by atoms with Gasteiger partial charge in [0, 0.05) is 11.6 Å². The summed E-state index contributed by atoms with van der Waals surface area (Å²) in [5.41, 5.74) is 0.778. The molecule has 6 nitrogen and oxygen atoms in total. The molecule has 0 spiro atoms. The lowest BCUT2D eigenvalue weighted by Gasteiger charge is -1.99. The van der Waals surface area contributed by atoms with Gasteiger partial charge in [-0.05, 0) is 12.1 Å². The molecule has 0 bridgehead atoms. The first kappa shape index (κ1) is 11.0. The lowest BCUT2D eigenvalue weighted by Crippen LogP contribution is -2.19. The zero-order valence-electron chi connectivity index (χ0n) is 8.92. The number of amides is 1. The molecule has 1 heterocycles. The lowest BCUT2D eigenvalue weighted by molar-refractivity contribution is -0.115. The molecule has 1 amide bonds. The maximum Gasteiger partial charge on any atom is 0.249 e. The summed E-state index contributed by atoms with van der Waals surface area (Å²) in [6.07, 6.45) is 4.11. The average molecular weight is 233 g/mol. The largest absolute Gasteiger partial charge is 0.454 e. The summed E-state index contributed by atoms with van der Waals surface area (Å²) in [4.78, 5) is 11.3. The van der Waals surface area contributed by atoms with Crippen molar-refractivity contribution in [2.24, 2.45) is 10.9 Å². The van der Waals surface area contributed by atoms with Crippen molar-refractivity contribution in [3.63, 3.8) is 0 Å². The van der Waals surface area contributed by atoms with Crippen LogP contribution in [-0.2, 0) is 4.79 Å². The van der Waals surface area contributed by atoms with E-state index in [9.17, 15) is 4.79 Å². The van der Waals surface area contributed by atoms with Crippen molar-refractivity contribution in [2.75, 3.05) is 6.79 Å². The van der Waals surface area contributed by atoms with E-state index in [2.05, 4.69) is 10.4 Å². The summed E-state index contributed by atoms with van der Waals surface area (Å²) in [7, 11) is 0. The normalized spacial score (nSPS) is 13.4. The zero-order chi connectivity index (χ0) is 12.1. The number of carbonyl (C=O) groups is 1. The second-order valence-electron chi connectivity index (χ2n) is 3.20. The highest BCUT2D eigenvalue weighted by molar-refractivity contribution is 5.98. The van der Waals surface area contributed by atoms with E-state index in [0.29, 0.717) is 11.5 Å². The van der Waals surface area contributed by atoms with Gasteiger partial charge in [-0.2, -0.15) is 5.10 Å². The number of hydrogen-bond acceptors (Lipinski definition) is 5. The van der Waals surface area contributed by atoms with Crippen LogP contribution in [0.15, 0.2) is 29.4 Å². The molecule has 0 radical (unpaired) electrons. The van der Waals surface area contributed by atoms with Crippen molar-refractivity contribution in [3.05, 3.63) is 29.8 Å². The van der Waals surface area contributed by atoms with Crippen molar-refractivity contribution in [2.45, 2.75) is 0 Å². The summed E-state index contributed by atoms with van der Waals surface area (Å²) in [5.74, 6) is 5.85. The molecular formula is C11H11N3O3. The Hall–Kier alpha value is -2.50. The molecule has 1 aromatic carbocycles. The van der Waals surface area contributed by atoms with E-state index in [1.807, 2.05) is 12.1 Å². The predicted molar refractivity (Wildman–Crippen MR) is 62.4 cm³/mol. The molecule has 0 saturated heterocycles. The van der Waals surface area contributed by atoms with Crippen molar-refractivity contribution < 1.29 is 14.3 Å². The Kier molecular flexibility index (Phi) is 3.25. The maximum absolute atomic E-state index is 11.3. The molecule has 0 unspecified atom stereocenters. The Morgan fingerprint density at radius 1 is 1.47 bits per heavy atom. The lowest BCUT2D eigenvalue weighted by atomic mass is 10.1. The van der Waals surface area contributed by atoms with Crippen LogP contribution in [0.3, 0.4) is 0 Å².